The number of hydrogen-bond acceptors (Lipinski definition) is 5. The number of hydrogen-bond donors (Lipinski definition) is 2. The van der Waals surface area contributed by atoms with Crippen LogP contribution < -0.4 is 10.3 Å². The Balaban J connectivity index is 3.11. The van der Waals surface area contributed by atoms with Gasteiger partial charge in [0.15, 0.2) is 0 Å². The predicted octanol–water partition coefficient (Wildman–Crippen LogP) is 4.46. The summed E-state index contributed by atoms with van der Waals surface area (Å²) in [4.78, 5) is 28.3. The highest BCUT2D eigenvalue weighted by molar-refractivity contribution is 7.89. The van der Waals surface area contributed by atoms with Gasteiger partial charge in [0.05, 0.1) is 17.6 Å². The first-order valence-corrected chi connectivity index (χ1v) is 13.2. The maximum Gasteiger partial charge on any atom is 0.310 e. The Hall–Kier alpha value is -2.19. The molecule has 1 rings (SSSR count). The molecule has 1 aromatic rings. The van der Waals surface area contributed by atoms with Crippen molar-refractivity contribution in [2.24, 2.45) is 17.8 Å². The lowest BCUT2D eigenvalue weighted by Gasteiger charge is -2.29. The average Bonchev–Trinajstić information content (AvgIpc) is 2.71. The number of sulfonamides is 1. The summed E-state index contributed by atoms with van der Waals surface area (Å²) in [6, 6.07) is 9.66. The molecule has 1 amide bonds. The Morgan fingerprint density at radius 2 is 1.73 bits per heavy atom. The summed E-state index contributed by atoms with van der Waals surface area (Å²) in [7, 11) is -3.64. The van der Waals surface area contributed by atoms with Crippen molar-refractivity contribution in [2.45, 2.75) is 72.8 Å². The summed E-state index contributed by atoms with van der Waals surface area (Å²) in [5.74, 6) is -2.49. The minimum Gasteiger partial charge on any atom is -0.460 e. The molecule has 0 heterocycles. The van der Waals surface area contributed by atoms with E-state index < -0.39 is 39.3 Å². The molecule has 1 aromatic carbocycles. The Bertz CT molecular complexity index is 874. The highest BCUT2D eigenvalue weighted by Crippen LogP contribution is 2.28. The number of amides is 1. The molecule has 186 valence electrons. The average molecular weight is 481 g/mol. The zero-order valence-corrected chi connectivity index (χ0v) is 21.6. The second-order valence-corrected chi connectivity index (χ2v) is 11.5. The fourth-order valence-electron chi connectivity index (χ4n) is 3.29. The maximum atomic E-state index is 13.1. The van der Waals surface area contributed by atoms with E-state index >= 15 is 0 Å². The van der Waals surface area contributed by atoms with Gasteiger partial charge in [0.2, 0.25) is 15.9 Å². The van der Waals surface area contributed by atoms with Gasteiger partial charge in [0, 0.05) is 0 Å². The topological polar surface area (TPSA) is 102 Å². The van der Waals surface area contributed by atoms with Gasteiger partial charge >= 0.3 is 5.97 Å². The van der Waals surface area contributed by atoms with Crippen LogP contribution in [0.3, 0.4) is 0 Å². The van der Waals surface area contributed by atoms with E-state index in [0.29, 0.717) is 12.8 Å². The van der Waals surface area contributed by atoms with Crippen LogP contribution in [-0.4, -0.2) is 31.6 Å². The monoisotopic (exact) mass is 480 g/mol. The van der Waals surface area contributed by atoms with E-state index in [1.165, 1.54) is 0 Å². The minimum absolute atomic E-state index is 0.0755. The predicted molar refractivity (Wildman–Crippen MR) is 132 cm³/mol. The molecule has 0 bridgehead atoms. The number of ether oxygens (including phenoxy) is 1. The van der Waals surface area contributed by atoms with Gasteiger partial charge in [0.1, 0.15) is 5.60 Å². The number of allylic oxidation sites excluding steroid dienone is 1. The third kappa shape index (κ3) is 12.0. The van der Waals surface area contributed by atoms with Crippen LogP contribution in [0.15, 0.2) is 36.4 Å². The van der Waals surface area contributed by atoms with Crippen molar-refractivity contribution >= 4 is 28.0 Å². The molecule has 0 aliphatic rings. The molecule has 0 aliphatic carbocycles. The molecule has 0 aliphatic heterocycles. The van der Waals surface area contributed by atoms with E-state index in [1.807, 2.05) is 63.3 Å². The molecule has 2 N–H and O–H groups in total. The lowest BCUT2D eigenvalue weighted by atomic mass is 9.82. The van der Waals surface area contributed by atoms with E-state index in [4.69, 9.17) is 4.74 Å². The fraction of sp³-hybridized carbons (Fsp3) is 0.600. The number of rotatable bonds is 13. The first-order chi connectivity index (χ1) is 15.3. The lowest BCUT2D eigenvalue weighted by Crippen LogP contribution is -2.48. The summed E-state index contributed by atoms with van der Waals surface area (Å²) in [6.07, 6.45) is 5.67. The van der Waals surface area contributed by atoms with E-state index in [1.54, 1.807) is 20.8 Å². The van der Waals surface area contributed by atoms with Gasteiger partial charge in [-0.25, -0.2) is 8.42 Å². The van der Waals surface area contributed by atoms with Crippen molar-refractivity contribution in [1.29, 1.82) is 0 Å². The quantitative estimate of drug-likeness (QED) is 0.321. The van der Waals surface area contributed by atoms with Crippen LogP contribution in [-0.2, 0) is 24.3 Å². The minimum atomic E-state index is -3.64. The smallest absolute Gasteiger partial charge is 0.310 e. The van der Waals surface area contributed by atoms with Crippen LogP contribution in [0, 0.1) is 17.8 Å². The Morgan fingerprint density at radius 3 is 2.27 bits per heavy atom. The summed E-state index contributed by atoms with van der Waals surface area (Å²) in [5.41, 5.74) is 2.61. The molecule has 0 saturated heterocycles. The fourth-order valence-corrected chi connectivity index (χ4v) is 4.31. The molecule has 33 heavy (non-hydrogen) atoms. The van der Waals surface area contributed by atoms with Crippen molar-refractivity contribution in [3.8, 4) is 0 Å². The molecular formula is C25H40N2O5S. The van der Waals surface area contributed by atoms with Gasteiger partial charge < -0.3 is 4.74 Å². The Kier molecular flexibility index (Phi) is 11.8. The van der Waals surface area contributed by atoms with E-state index in [2.05, 4.69) is 10.3 Å². The standard InChI is InChI=1S/C25H40N2O5S/c1-7-8-17-33(30,31)27-26-23(28)22(18-19(2)3)21(24(29)32-25(4,5)6)16-12-15-20-13-10-9-11-14-20/h9-15,19,21-22,27H,7-8,16-18H2,1-6H3,(H,26,28)/t21-,22+/m0/s1. The summed E-state index contributed by atoms with van der Waals surface area (Å²) in [6.45, 7) is 11.1. The molecule has 8 heteroatoms. The van der Waals surface area contributed by atoms with Crippen LogP contribution in [0.1, 0.15) is 72.8 Å². The maximum absolute atomic E-state index is 13.1. The number of nitrogens with one attached hydrogen (secondary N) is 2. The van der Waals surface area contributed by atoms with Crippen LogP contribution in [0.5, 0.6) is 0 Å². The molecular weight excluding hydrogens is 440 g/mol. The van der Waals surface area contributed by atoms with Crippen LogP contribution in [0.25, 0.3) is 6.08 Å². The van der Waals surface area contributed by atoms with Crippen molar-refractivity contribution in [3.05, 3.63) is 42.0 Å². The number of unbranched alkanes of at least 4 members (excludes halogenated alkanes) is 1. The molecule has 0 unspecified atom stereocenters. The molecule has 0 aromatic heterocycles. The number of esters is 1. The molecule has 0 radical (unpaired) electrons. The van der Waals surface area contributed by atoms with Crippen molar-refractivity contribution in [1.82, 2.24) is 10.3 Å². The Labute approximate surface area is 199 Å². The molecule has 2 atom stereocenters. The Morgan fingerprint density at radius 1 is 1.09 bits per heavy atom. The highest BCUT2D eigenvalue weighted by atomic mass is 32.2. The SMILES string of the molecule is CCCCS(=O)(=O)NNC(=O)[C@H](CC(C)C)[C@H](CC=Cc1ccccc1)C(=O)OC(C)(C)C. The second kappa shape index (κ2) is 13.5. The van der Waals surface area contributed by atoms with Gasteiger partial charge in [0.25, 0.3) is 0 Å². The van der Waals surface area contributed by atoms with Crippen LogP contribution in [0.4, 0.5) is 0 Å². The first-order valence-electron chi connectivity index (χ1n) is 11.6. The zero-order valence-electron chi connectivity index (χ0n) is 20.8. The molecule has 0 spiro atoms. The second-order valence-electron chi connectivity index (χ2n) is 9.69. The number of hydrazine groups is 1. The zero-order chi connectivity index (χ0) is 25.1. The van der Waals surface area contributed by atoms with Crippen molar-refractivity contribution < 1.29 is 22.7 Å². The van der Waals surface area contributed by atoms with Crippen molar-refractivity contribution in [3.63, 3.8) is 0 Å². The van der Waals surface area contributed by atoms with E-state index in [-0.39, 0.29) is 18.1 Å². The number of carbonyl (C=O) groups is 2. The van der Waals surface area contributed by atoms with Gasteiger partial charge in [-0.3, -0.25) is 15.0 Å². The van der Waals surface area contributed by atoms with E-state index in [0.717, 1.165) is 12.0 Å². The largest absolute Gasteiger partial charge is 0.460 e. The first kappa shape index (κ1) is 28.8. The summed E-state index contributed by atoms with van der Waals surface area (Å²) >= 11 is 0. The summed E-state index contributed by atoms with van der Waals surface area (Å²) in [5, 5.41) is 0. The third-order valence-electron chi connectivity index (χ3n) is 4.85. The number of carbonyl (C=O) groups excluding carboxylic acids is 2. The van der Waals surface area contributed by atoms with Gasteiger partial charge in [-0.2, -0.15) is 0 Å². The molecule has 0 saturated carbocycles. The van der Waals surface area contributed by atoms with Gasteiger partial charge in [-0.05, 0) is 51.5 Å². The third-order valence-corrected chi connectivity index (χ3v) is 6.09. The lowest BCUT2D eigenvalue weighted by molar-refractivity contribution is -0.164. The van der Waals surface area contributed by atoms with Crippen LogP contribution >= 0.6 is 0 Å². The van der Waals surface area contributed by atoms with Gasteiger partial charge in [-0.1, -0.05) is 69.7 Å². The summed E-state index contributed by atoms with van der Waals surface area (Å²) < 4.78 is 29.9. The normalized spacial score (nSPS) is 14.3. The van der Waals surface area contributed by atoms with E-state index in [9.17, 15) is 18.0 Å². The van der Waals surface area contributed by atoms with Gasteiger partial charge in [-0.15, -0.1) is 4.83 Å². The number of benzene rings is 1. The van der Waals surface area contributed by atoms with Crippen LogP contribution in [0.2, 0.25) is 0 Å². The molecule has 0 fully saturated rings. The van der Waals surface area contributed by atoms with Crippen molar-refractivity contribution in [2.75, 3.05) is 5.75 Å². The molecule has 7 nitrogen and oxygen atoms in total. The highest BCUT2D eigenvalue weighted by Gasteiger charge is 2.36.